The van der Waals surface area contributed by atoms with Gasteiger partial charge in [-0.25, -0.2) is 0 Å². The maximum Gasteiger partial charge on any atom is 0.289 e. The molecule has 0 atom stereocenters. The predicted octanol–water partition coefficient (Wildman–Crippen LogP) is 4.26. The molecule has 6 nitrogen and oxygen atoms in total. The Morgan fingerprint density at radius 3 is 2.91 bits per heavy atom. The summed E-state index contributed by atoms with van der Waals surface area (Å²) in [5, 5.41) is 5.93. The Morgan fingerprint density at radius 2 is 2.09 bits per heavy atom. The average Bonchev–Trinajstić information content (AvgIpc) is 3.47. The van der Waals surface area contributed by atoms with Gasteiger partial charge in [-0.1, -0.05) is 24.3 Å². The number of nitrogens with zero attached hydrogens (tertiary/aromatic N) is 2. The van der Waals surface area contributed by atoms with Crippen molar-refractivity contribution in [2.24, 2.45) is 0 Å². The average molecular weight is 446 g/mol. The summed E-state index contributed by atoms with van der Waals surface area (Å²) in [5.41, 5.74) is 4.89. The van der Waals surface area contributed by atoms with E-state index in [9.17, 15) is 9.59 Å². The Kier molecular flexibility index (Phi) is 5.49. The summed E-state index contributed by atoms with van der Waals surface area (Å²) in [4.78, 5) is 32.8. The first-order valence-corrected chi connectivity index (χ1v) is 11.5. The number of hydrogen-bond acceptors (Lipinski definition) is 5. The van der Waals surface area contributed by atoms with Gasteiger partial charge in [-0.3, -0.25) is 14.6 Å². The molecule has 0 saturated heterocycles. The molecule has 4 heterocycles. The summed E-state index contributed by atoms with van der Waals surface area (Å²) in [7, 11) is 0. The van der Waals surface area contributed by atoms with Crippen LogP contribution in [0.4, 0.5) is 0 Å². The van der Waals surface area contributed by atoms with Crippen LogP contribution in [0.15, 0.2) is 58.5 Å². The van der Waals surface area contributed by atoms with Crippen molar-refractivity contribution >= 4 is 34.1 Å². The van der Waals surface area contributed by atoms with E-state index in [1.165, 1.54) is 5.56 Å². The van der Waals surface area contributed by atoms with Crippen molar-refractivity contribution < 1.29 is 14.0 Å². The summed E-state index contributed by atoms with van der Waals surface area (Å²) >= 11 is 1.58. The topological polar surface area (TPSA) is 75.4 Å². The number of pyridine rings is 1. The van der Waals surface area contributed by atoms with Crippen LogP contribution in [0.5, 0.6) is 0 Å². The zero-order valence-corrected chi connectivity index (χ0v) is 18.6. The van der Waals surface area contributed by atoms with E-state index >= 15 is 0 Å². The zero-order valence-electron chi connectivity index (χ0n) is 17.8. The minimum atomic E-state index is -0.113. The van der Waals surface area contributed by atoms with Gasteiger partial charge in [0.15, 0.2) is 5.76 Å². The number of carbonyl (C=O) groups excluding carboxylic acids is 2. The lowest BCUT2D eigenvalue weighted by molar-refractivity contribution is -0.120. The lowest BCUT2D eigenvalue weighted by Crippen LogP contribution is -2.37. The van der Waals surface area contributed by atoms with Gasteiger partial charge in [0.1, 0.15) is 5.58 Å². The fourth-order valence-electron chi connectivity index (χ4n) is 4.19. The largest absolute Gasteiger partial charge is 0.451 e. The van der Waals surface area contributed by atoms with Crippen LogP contribution >= 0.6 is 11.3 Å². The molecule has 7 heteroatoms. The van der Waals surface area contributed by atoms with Gasteiger partial charge in [-0.05, 0) is 53.6 Å². The Bertz CT molecular complexity index is 1260. The van der Waals surface area contributed by atoms with Crippen molar-refractivity contribution in [3.63, 3.8) is 0 Å². The number of benzene rings is 1. The highest BCUT2D eigenvalue weighted by Crippen LogP contribution is 2.26. The second kappa shape index (κ2) is 8.59. The lowest BCUT2D eigenvalue weighted by atomic mass is 9.94. The molecule has 0 bridgehead atoms. The minimum Gasteiger partial charge on any atom is -0.451 e. The van der Waals surface area contributed by atoms with Crippen molar-refractivity contribution in [3.8, 4) is 0 Å². The van der Waals surface area contributed by atoms with Crippen LogP contribution in [-0.2, 0) is 30.7 Å². The zero-order chi connectivity index (χ0) is 22.1. The fourth-order valence-corrected chi connectivity index (χ4v) is 4.90. The molecule has 0 saturated carbocycles. The third-order valence-electron chi connectivity index (χ3n) is 5.90. The Labute approximate surface area is 189 Å². The number of hydrogen-bond donors (Lipinski definition) is 1. The summed E-state index contributed by atoms with van der Waals surface area (Å²) in [6, 6.07) is 13.3. The summed E-state index contributed by atoms with van der Waals surface area (Å²) in [6.45, 7) is 3.49. The molecule has 5 rings (SSSR count). The van der Waals surface area contributed by atoms with Crippen molar-refractivity contribution in [2.45, 2.75) is 32.9 Å². The number of rotatable bonds is 5. The molecule has 0 spiro atoms. The van der Waals surface area contributed by atoms with Crippen molar-refractivity contribution in [1.82, 2.24) is 15.2 Å². The number of carbonyl (C=O) groups is 2. The normalized spacial score (nSPS) is 13.2. The first-order valence-electron chi connectivity index (χ1n) is 10.6. The maximum atomic E-state index is 13.1. The summed E-state index contributed by atoms with van der Waals surface area (Å²) < 4.78 is 5.77. The number of para-hydroxylation sites is 1. The number of fused-ring (bicyclic) bond motifs is 2. The Morgan fingerprint density at radius 1 is 1.22 bits per heavy atom. The third kappa shape index (κ3) is 4.03. The van der Waals surface area contributed by atoms with E-state index in [2.05, 4.69) is 10.3 Å². The van der Waals surface area contributed by atoms with E-state index in [-0.39, 0.29) is 11.8 Å². The molecular formula is C25H23N3O3S. The van der Waals surface area contributed by atoms with E-state index in [1.54, 1.807) is 22.3 Å². The molecule has 0 unspecified atom stereocenters. The number of amides is 2. The molecule has 2 amide bonds. The van der Waals surface area contributed by atoms with Crippen LogP contribution in [0.25, 0.3) is 11.0 Å². The van der Waals surface area contributed by atoms with Gasteiger partial charge in [-0.15, -0.1) is 11.3 Å². The van der Waals surface area contributed by atoms with Gasteiger partial charge in [0.2, 0.25) is 5.91 Å². The van der Waals surface area contributed by atoms with Crippen LogP contribution in [-0.4, -0.2) is 28.2 Å². The fraction of sp³-hybridized carbons (Fsp3) is 0.240. The van der Waals surface area contributed by atoms with Gasteiger partial charge in [0.25, 0.3) is 5.91 Å². The van der Waals surface area contributed by atoms with E-state index < -0.39 is 0 Å². The molecular weight excluding hydrogens is 422 g/mol. The summed E-state index contributed by atoms with van der Waals surface area (Å²) in [6.07, 6.45) is 2.96. The predicted molar refractivity (Wildman–Crippen MR) is 124 cm³/mol. The van der Waals surface area contributed by atoms with Gasteiger partial charge in [0.05, 0.1) is 6.42 Å². The summed E-state index contributed by atoms with van der Waals surface area (Å²) in [5.74, 6) is 0.246. The SMILES string of the molecule is Cc1ncc2c(c1CNC(=O)Cc1cccs1)CCN(C(=O)c1cc3ccccc3o1)C2. The molecule has 4 aromatic rings. The second-order valence-corrected chi connectivity index (χ2v) is 9.02. The lowest BCUT2D eigenvalue weighted by Gasteiger charge is -2.30. The monoisotopic (exact) mass is 445 g/mol. The molecule has 1 aromatic carbocycles. The third-order valence-corrected chi connectivity index (χ3v) is 6.77. The highest BCUT2D eigenvalue weighted by molar-refractivity contribution is 7.10. The standard InChI is InChI=1S/C25H23N3O3S/c1-16-21(14-27-24(29)12-19-6-4-10-32-19)20-8-9-28(15-18(20)13-26-16)25(30)23-11-17-5-2-3-7-22(17)31-23/h2-7,10-11,13H,8-9,12,14-15H2,1H3,(H,27,29). The van der Waals surface area contributed by atoms with Crippen LogP contribution < -0.4 is 5.32 Å². The highest BCUT2D eigenvalue weighted by atomic mass is 32.1. The molecule has 162 valence electrons. The molecule has 0 aliphatic carbocycles. The van der Waals surface area contributed by atoms with Crippen LogP contribution in [0, 0.1) is 6.92 Å². The molecule has 1 aliphatic heterocycles. The van der Waals surface area contributed by atoms with Crippen LogP contribution in [0.3, 0.4) is 0 Å². The molecule has 32 heavy (non-hydrogen) atoms. The van der Waals surface area contributed by atoms with Crippen LogP contribution in [0.2, 0.25) is 0 Å². The number of nitrogens with one attached hydrogen (secondary N) is 1. The van der Waals surface area contributed by atoms with Crippen molar-refractivity contribution in [3.05, 3.63) is 87.1 Å². The number of aryl methyl sites for hydroxylation is 1. The van der Waals surface area contributed by atoms with E-state index in [0.717, 1.165) is 33.5 Å². The smallest absolute Gasteiger partial charge is 0.289 e. The first-order chi connectivity index (χ1) is 15.6. The van der Waals surface area contributed by atoms with Gasteiger partial charge in [0, 0.05) is 41.8 Å². The minimum absolute atomic E-state index is 0.00181. The first kappa shape index (κ1) is 20.5. The maximum absolute atomic E-state index is 13.1. The number of furan rings is 1. The number of aromatic nitrogens is 1. The Hall–Kier alpha value is -3.45. The second-order valence-electron chi connectivity index (χ2n) is 7.98. The van der Waals surface area contributed by atoms with Crippen LogP contribution in [0.1, 0.15) is 37.8 Å². The molecule has 3 aromatic heterocycles. The molecule has 1 N–H and O–H groups in total. The molecule has 0 radical (unpaired) electrons. The highest BCUT2D eigenvalue weighted by Gasteiger charge is 2.26. The van der Waals surface area contributed by atoms with E-state index in [1.807, 2.05) is 54.9 Å². The van der Waals surface area contributed by atoms with Crippen molar-refractivity contribution in [1.29, 1.82) is 0 Å². The van der Waals surface area contributed by atoms with Gasteiger partial charge in [-0.2, -0.15) is 0 Å². The van der Waals surface area contributed by atoms with E-state index in [0.29, 0.717) is 37.4 Å². The number of thiophene rings is 1. The molecule has 1 aliphatic rings. The quantitative estimate of drug-likeness (QED) is 0.498. The molecule has 0 fully saturated rings. The van der Waals surface area contributed by atoms with Gasteiger partial charge >= 0.3 is 0 Å². The Balaban J connectivity index is 1.30. The van der Waals surface area contributed by atoms with Gasteiger partial charge < -0.3 is 14.6 Å². The van der Waals surface area contributed by atoms with Crippen molar-refractivity contribution in [2.75, 3.05) is 6.54 Å². The van der Waals surface area contributed by atoms with E-state index in [4.69, 9.17) is 4.42 Å².